The fourth-order valence-electron chi connectivity index (χ4n) is 4.83. The Bertz CT molecular complexity index is 930. The van der Waals surface area contributed by atoms with E-state index in [2.05, 4.69) is 0 Å². The summed E-state index contributed by atoms with van der Waals surface area (Å²) in [6.07, 6.45) is 1.63. The molecule has 2 aromatic rings. The van der Waals surface area contributed by atoms with Gasteiger partial charge in [0.05, 0.1) is 33.5 Å². The number of fused-ring (bicyclic) bond motifs is 3. The van der Waals surface area contributed by atoms with Gasteiger partial charge in [0.15, 0.2) is 0 Å². The van der Waals surface area contributed by atoms with Gasteiger partial charge in [0.1, 0.15) is 5.75 Å². The summed E-state index contributed by atoms with van der Waals surface area (Å²) < 4.78 is 21.8. The predicted octanol–water partition coefficient (Wildman–Crippen LogP) is 3.44. The highest BCUT2D eigenvalue weighted by molar-refractivity contribution is 6.03. The molecule has 0 aliphatic carbocycles. The highest BCUT2D eigenvalue weighted by Gasteiger charge is 2.50. The number of carbonyl (C=O) groups excluding carboxylic acids is 2. The van der Waals surface area contributed by atoms with Crippen LogP contribution in [0.25, 0.3) is 0 Å². The largest absolute Gasteiger partial charge is 0.497 e. The Morgan fingerprint density at radius 3 is 2.39 bits per heavy atom. The van der Waals surface area contributed by atoms with Crippen molar-refractivity contribution in [3.63, 3.8) is 0 Å². The van der Waals surface area contributed by atoms with Gasteiger partial charge in [0, 0.05) is 23.8 Å². The van der Waals surface area contributed by atoms with Gasteiger partial charge in [-0.1, -0.05) is 30.3 Å². The second-order valence-corrected chi connectivity index (χ2v) is 7.73. The van der Waals surface area contributed by atoms with Crippen molar-refractivity contribution in [2.45, 2.75) is 31.0 Å². The minimum absolute atomic E-state index is 0.0348. The Morgan fingerprint density at radius 1 is 1.03 bits per heavy atom. The number of rotatable bonds is 5. The van der Waals surface area contributed by atoms with Crippen LogP contribution in [0.4, 0.5) is 5.69 Å². The van der Waals surface area contributed by atoms with Gasteiger partial charge in [-0.15, -0.1) is 0 Å². The number of carbonyl (C=O) groups is 2. The van der Waals surface area contributed by atoms with Crippen LogP contribution >= 0.6 is 0 Å². The first-order valence-corrected chi connectivity index (χ1v) is 10.4. The van der Waals surface area contributed by atoms with E-state index in [-0.39, 0.29) is 18.1 Å². The molecular formula is C24H27NO6. The summed E-state index contributed by atoms with van der Waals surface area (Å²) >= 11 is 0. The molecule has 2 heterocycles. The summed E-state index contributed by atoms with van der Waals surface area (Å²) in [7, 11) is 4.17. The molecule has 2 aromatic carbocycles. The lowest BCUT2D eigenvalue weighted by Crippen LogP contribution is -2.55. The third-order valence-corrected chi connectivity index (χ3v) is 6.16. The molecule has 0 saturated carbocycles. The summed E-state index contributed by atoms with van der Waals surface area (Å²) in [5.41, 5.74) is 2.63. The maximum Gasteiger partial charge on any atom is 0.340 e. The van der Waals surface area contributed by atoms with Crippen molar-refractivity contribution in [1.82, 2.24) is 0 Å². The molecule has 0 radical (unpaired) electrons. The van der Waals surface area contributed by atoms with Crippen LogP contribution in [-0.2, 0) is 23.8 Å². The van der Waals surface area contributed by atoms with Crippen LogP contribution in [0, 0.1) is 5.92 Å². The van der Waals surface area contributed by atoms with Gasteiger partial charge in [-0.25, -0.2) is 9.59 Å². The van der Waals surface area contributed by atoms with Crippen molar-refractivity contribution in [2.24, 2.45) is 5.92 Å². The Morgan fingerprint density at radius 2 is 1.74 bits per heavy atom. The van der Waals surface area contributed by atoms with Crippen molar-refractivity contribution in [1.29, 1.82) is 0 Å². The monoisotopic (exact) mass is 425 g/mol. The smallest absolute Gasteiger partial charge is 0.340 e. The third-order valence-electron chi connectivity index (χ3n) is 6.16. The van der Waals surface area contributed by atoms with E-state index in [4.69, 9.17) is 18.9 Å². The van der Waals surface area contributed by atoms with Crippen molar-refractivity contribution in [3.8, 4) is 5.75 Å². The standard InChI is InChI=1S/C24H27NO6/c1-28-16-11-12-19-18(14-16)22-17(10-7-13-31-22)20(15-8-5-4-6-9-15)25(19)21(23(26)29-2)24(27)30-3/h4-6,8-9,11-12,14,17,20-22H,7,10,13H2,1-3H3/t17-,20+,22-/m1/s1. The molecule has 0 aromatic heterocycles. The third kappa shape index (κ3) is 3.74. The molecule has 2 aliphatic heterocycles. The van der Waals surface area contributed by atoms with E-state index >= 15 is 0 Å². The lowest BCUT2D eigenvalue weighted by atomic mass is 9.75. The molecule has 0 bridgehead atoms. The van der Waals surface area contributed by atoms with Crippen LogP contribution in [0.5, 0.6) is 5.75 Å². The number of ether oxygens (including phenoxy) is 4. The van der Waals surface area contributed by atoms with E-state index in [9.17, 15) is 9.59 Å². The highest BCUT2D eigenvalue weighted by Crippen LogP contribution is 2.53. The van der Waals surface area contributed by atoms with Crippen LogP contribution in [-0.4, -0.2) is 45.9 Å². The summed E-state index contributed by atoms with van der Waals surface area (Å²) in [5, 5.41) is 0. The Balaban J connectivity index is 1.96. The molecule has 4 rings (SSSR count). The second kappa shape index (κ2) is 8.98. The molecule has 7 nitrogen and oxygen atoms in total. The maximum atomic E-state index is 12.9. The summed E-state index contributed by atoms with van der Waals surface area (Å²) in [4.78, 5) is 27.6. The molecule has 1 fully saturated rings. The first-order chi connectivity index (χ1) is 15.1. The quantitative estimate of drug-likeness (QED) is 0.537. The average Bonchev–Trinajstić information content (AvgIpc) is 2.83. The van der Waals surface area contributed by atoms with Gasteiger partial charge in [0.2, 0.25) is 6.04 Å². The first kappa shape index (κ1) is 21.2. The fraction of sp³-hybridized carbons (Fsp3) is 0.417. The fourth-order valence-corrected chi connectivity index (χ4v) is 4.83. The molecule has 0 N–H and O–H groups in total. The zero-order chi connectivity index (χ0) is 22.0. The van der Waals surface area contributed by atoms with Crippen molar-refractivity contribution in [3.05, 3.63) is 59.7 Å². The minimum atomic E-state index is -1.24. The molecule has 1 saturated heterocycles. The van der Waals surface area contributed by atoms with Crippen molar-refractivity contribution in [2.75, 3.05) is 32.8 Å². The van der Waals surface area contributed by atoms with Crippen LogP contribution in [0.2, 0.25) is 0 Å². The van der Waals surface area contributed by atoms with Crippen LogP contribution < -0.4 is 9.64 Å². The maximum absolute atomic E-state index is 12.9. The summed E-state index contributed by atoms with van der Waals surface area (Å²) in [6, 6.07) is 14.0. The highest BCUT2D eigenvalue weighted by atomic mass is 16.5. The van der Waals surface area contributed by atoms with E-state index in [0.29, 0.717) is 12.4 Å². The second-order valence-electron chi connectivity index (χ2n) is 7.73. The van der Waals surface area contributed by atoms with Crippen molar-refractivity contribution < 1.29 is 28.5 Å². The molecule has 7 heteroatoms. The van der Waals surface area contributed by atoms with Gasteiger partial charge >= 0.3 is 11.9 Å². The summed E-state index contributed by atoms with van der Waals surface area (Å²) in [5.74, 6) is -0.598. The molecule has 0 unspecified atom stereocenters. The van der Waals surface area contributed by atoms with E-state index in [1.54, 1.807) is 7.11 Å². The number of anilines is 1. The average molecular weight is 425 g/mol. The van der Waals surface area contributed by atoms with E-state index < -0.39 is 18.0 Å². The van der Waals surface area contributed by atoms with Crippen molar-refractivity contribution >= 4 is 17.6 Å². The van der Waals surface area contributed by atoms with E-state index in [1.165, 1.54) is 14.2 Å². The Hall–Kier alpha value is -3.06. The molecule has 0 spiro atoms. The van der Waals surface area contributed by atoms with E-state index in [0.717, 1.165) is 29.7 Å². The Labute approximate surface area is 181 Å². The molecular weight excluding hydrogens is 398 g/mol. The zero-order valence-corrected chi connectivity index (χ0v) is 17.9. The first-order valence-electron chi connectivity index (χ1n) is 10.4. The van der Waals surface area contributed by atoms with Gasteiger partial charge in [-0.2, -0.15) is 0 Å². The number of esters is 2. The van der Waals surface area contributed by atoms with E-state index in [1.807, 2.05) is 53.4 Å². The lowest BCUT2D eigenvalue weighted by molar-refractivity contribution is -0.154. The topological polar surface area (TPSA) is 74.3 Å². The normalized spacial score (nSPS) is 22.3. The van der Waals surface area contributed by atoms with Crippen LogP contribution in [0.1, 0.15) is 36.1 Å². The minimum Gasteiger partial charge on any atom is -0.497 e. The number of nitrogens with zero attached hydrogens (tertiary/aromatic N) is 1. The SMILES string of the molecule is COC(=O)C(C(=O)OC)N1c2ccc(OC)cc2[C@@H]2OCCC[C@@H]2[C@@H]1c1ccccc1. The van der Waals surface area contributed by atoms with Gasteiger partial charge < -0.3 is 23.8 Å². The molecule has 164 valence electrons. The molecule has 0 amide bonds. The van der Waals surface area contributed by atoms with Gasteiger partial charge in [-0.05, 0) is 36.6 Å². The lowest BCUT2D eigenvalue weighted by Gasteiger charge is -2.50. The Kier molecular flexibility index (Phi) is 6.13. The van der Waals surface area contributed by atoms with Gasteiger partial charge in [-0.3, -0.25) is 0 Å². The number of hydrogen-bond donors (Lipinski definition) is 0. The van der Waals surface area contributed by atoms with Gasteiger partial charge in [0.25, 0.3) is 0 Å². The number of hydrogen-bond acceptors (Lipinski definition) is 7. The van der Waals surface area contributed by atoms with Crippen LogP contribution in [0.15, 0.2) is 48.5 Å². The van der Waals surface area contributed by atoms with Crippen LogP contribution in [0.3, 0.4) is 0 Å². The molecule has 3 atom stereocenters. The number of benzene rings is 2. The molecule has 31 heavy (non-hydrogen) atoms. The predicted molar refractivity (Wildman–Crippen MR) is 114 cm³/mol. The summed E-state index contributed by atoms with van der Waals surface area (Å²) in [6.45, 7) is 0.663. The molecule has 2 aliphatic rings. The number of methoxy groups -OCH3 is 3. The zero-order valence-electron chi connectivity index (χ0n) is 17.9.